The minimum absolute atomic E-state index is 0.0354. The number of carboxylic acid groups (broad SMARTS) is 1. The summed E-state index contributed by atoms with van der Waals surface area (Å²) in [6.07, 6.45) is 0. The molecule has 0 aliphatic carbocycles. The molecule has 11 heteroatoms. The number of sulfonamides is 1. The zero-order chi connectivity index (χ0) is 16.0. The fourth-order valence-corrected chi connectivity index (χ4v) is 2.76. The van der Waals surface area contributed by atoms with Crippen LogP contribution in [0.1, 0.15) is 20.4 Å². The number of thiazole rings is 1. The Bertz CT molecular complexity index is 625. The van der Waals surface area contributed by atoms with Crippen molar-refractivity contribution in [2.45, 2.75) is 13.5 Å². The van der Waals surface area contributed by atoms with Crippen molar-refractivity contribution >= 4 is 33.4 Å². The molecule has 0 fully saturated rings. The number of amides is 2. The van der Waals surface area contributed by atoms with E-state index < -0.39 is 22.0 Å². The van der Waals surface area contributed by atoms with Gasteiger partial charge in [-0.3, -0.25) is 0 Å². The summed E-state index contributed by atoms with van der Waals surface area (Å²) in [5.74, 6) is -1.28. The average molecular weight is 336 g/mol. The topological polar surface area (TPSA) is 137 Å². The maximum absolute atomic E-state index is 11.4. The molecule has 0 aliphatic heterocycles. The van der Waals surface area contributed by atoms with Crippen LogP contribution in [0.5, 0.6) is 0 Å². The van der Waals surface area contributed by atoms with Crippen molar-refractivity contribution in [1.82, 2.24) is 20.3 Å². The molecule has 0 saturated heterocycles. The predicted molar refractivity (Wildman–Crippen MR) is 76.9 cm³/mol. The van der Waals surface area contributed by atoms with Crippen LogP contribution in [-0.2, 0) is 16.6 Å². The van der Waals surface area contributed by atoms with Crippen LogP contribution in [0.2, 0.25) is 0 Å². The van der Waals surface area contributed by atoms with Crippen molar-refractivity contribution in [3.63, 3.8) is 0 Å². The highest BCUT2D eigenvalue weighted by Gasteiger charge is 2.14. The van der Waals surface area contributed by atoms with Crippen molar-refractivity contribution in [3.05, 3.63) is 15.6 Å². The third-order valence-electron chi connectivity index (χ3n) is 2.40. The van der Waals surface area contributed by atoms with Crippen LogP contribution in [0.4, 0.5) is 4.79 Å². The summed E-state index contributed by atoms with van der Waals surface area (Å²) in [7, 11) is -2.07. The molecule has 0 aliphatic rings. The van der Waals surface area contributed by atoms with E-state index in [1.807, 2.05) is 0 Å². The Hall–Kier alpha value is -1.72. The number of hydrogen-bond donors (Lipinski definition) is 4. The van der Waals surface area contributed by atoms with Gasteiger partial charge in [0.1, 0.15) is 9.88 Å². The molecule has 0 unspecified atom stereocenters. The largest absolute Gasteiger partial charge is 0.477 e. The number of nitrogens with one attached hydrogen (secondary N) is 3. The Morgan fingerprint density at radius 3 is 2.52 bits per heavy atom. The number of rotatable bonds is 7. The summed E-state index contributed by atoms with van der Waals surface area (Å²) >= 11 is 0.982. The van der Waals surface area contributed by atoms with Crippen molar-refractivity contribution in [2.75, 3.05) is 19.3 Å². The van der Waals surface area contributed by atoms with Gasteiger partial charge in [0.05, 0.1) is 18.0 Å². The Kier molecular flexibility index (Phi) is 6.05. The van der Waals surface area contributed by atoms with Gasteiger partial charge in [0, 0.05) is 6.54 Å². The first-order valence-electron chi connectivity index (χ1n) is 5.87. The number of hydrogen-bond acceptors (Lipinski definition) is 6. The molecule has 2 amide bonds. The first kappa shape index (κ1) is 17.3. The highest BCUT2D eigenvalue weighted by Crippen LogP contribution is 2.17. The fourth-order valence-electron chi connectivity index (χ4n) is 1.35. The third kappa shape index (κ3) is 5.65. The molecule has 0 saturated carbocycles. The molecule has 21 heavy (non-hydrogen) atoms. The molecule has 0 aromatic carbocycles. The third-order valence-corrected chi connectivity index (χ3v) is 4.91. The van der Waals surface area contributed by atoms with E-state index in [-0.39, 0.29) is 23.7 Å². The standard InChI is InChI=1S/C10H16N4O5S2/c1-6-8(9(15)16)20-7(14-6)5-13-10(17)12-3-4-21(18,19)11-2/h11H,3-5H2,1-2H3,(H,15,16)(H2,12,13,17). The fraction of sp³-hybridized carbons (Fsp3) is 0.500. The summed E-state index contributed by atoms with van der Waals surface area (Å²) in [5.41, 5.74) is 0.393. The van der Waals surface area contributed by atoms with Gasteiger partial charge in [-0.1, -0.05) is 0 Å². The zero-order valence-electron chi connectivity index (χ0n) is 11.5. The van der Waals surface area contributed by atoms with Crippen molar-refractivity contribution < 1.29 is 23.1 Å². The second-order valence-electron chi connectivity index (χ2n) is 3.96. The van der Waals surface area contributed by atoms with E-state index in [0.717, 1.165) is 11.3 Å². The Labute approximate surface area is 125 Å². The monoisotopic (exact) mass is 336 g/mol. The summed E-state index contributed by atoms with van der Waals surface area (Å²) < 4.78 is 24.4. The van der Waals surface area contributed by atoms with E-state index in [1.54, 1.807) is 6.92 Å². The van der Waals surface area contributed by atoms with Gasteiger partial charge in [-0.15, -0.1) is 11.3 Å². The van der Waals surface area contributed by atoms with E-state index in [0.29, 0.717) is 10.7 Å². The number of urea groups is 1. The SMILES string of the molecule is CNS(=O)(=O)CCNC(=O)NCc1nc(C)c(C(=O)O)s1. The lowest BCUT2D eigenvalue weighted by Crippen LogP contribution is -2.39. The average Bonchev–Trinajstić information content (AvgIpc) is 2.77. The summed E-state index contributed by atoms with van der Waals surface area (Å²) in [5, 5.41) is 14.2. The first-order valence-corrected chi connectivity index (χ1v) is 8.34. The second-order valence-corrected chi connectivity index (χ2v) is 7.09. The normalized spacial score (nSPS) is 11.1. The minimum atomic E-state index is -3.36. The van der Waals surface area contributed by atoms with Gasteiger partial charge in [0.15, 0.2) is 0 Å². The van der Waals surface area contributed by atoms with E-state index in [4.69, 9.17) is 5.11 Å². The lowest BCUT2D eigenvalue weighted by molar-refractivity contribution is 0.0701. The van der Waals surface area contributed by atoms with Crippen molar-refractivity contribution in [2.24, 2.45) is 0 Å². The lowest BCUT2D eigenvalue weighted by atomic mass is 10.4. The van der Waals surface area contributed by atoms with Crippen LogP contribution in [0, 0.1) is 6.92 Å². The molecule has 0 radical (unpaired) electrons. The number of aryl methyl sites for hydroxylation is 1. The van der Waals surface area contributed by atoms with Gasteiger partial charge in [-0.05, 0) is 14.0 Å². The second kappa shape index (κ2) is 7.33. The van der Waals surface area contributed by atoms with Crippen molar-refractivity contribution in [1.29, 1.82) is 0 Å². The van der Waals surface area contributed by atoms with E-state index in [9.17, 15) is 18.0 Å². The minimum Gasteiger partial charge on any atom is -0.477 e. The summed E-state index contributed by atoms with van der Waals surface area (Å²) in [6.45, 7) is 1.61. The van der Waals surface area contributed by atoms with Gasteiger partial charge in [0.2, 0.25) is 10.0 Å². The number of carboxylic acids is 1. The maximum atomic E-state index is 11.4. The first-order chi connectivity index (χ1) is 9.75. The van der Waals surface area contributed by atoms with Crippen LogP contribution in [-0.4, -0.2) is 49.9 Å². The number of nitrogens with zero attached hydrogens (tertiary/aromatic N) is 1. The Balaban J connectivity index is 2.40. The number of carbonyl (C=O) groups is 2. The molecule has 9 nitrogen and oxygen atoms in total. The summed E-state index contributed by atoms with van der Waals surface area (Å²) in [4.78, 5) is 26.4. The molecule has 1 aromatic rings. The van der Waals surface area contributed by atoms with E-state index in [2.05, 4.69) is 20.3 Å². The molecular weight excluding hydrogens is 320 g/mol. The highest BCUT2D eigenvalue weighted by molar-refractivity contribution is 7.89. The molecular formula is C10H16N4O5S2. The van der Waals surface area contributed by atoms with Crippen LogP contribution >= 0.6 is 11.3 Å². The van der Waals surface area contributed by atoms with E-state index >= 15 is 0 Å². The van der Waals surface area contributed by atoms with Crippen LogP contribution in [0.25, 0.3) is 0 Å². The lowest BCUT2D eigenvalue weighted by Gasteiger charge is -2.06. The molecule has 1 aromatic heterocycles. The van der Waals surface area contributed by atoms with Crippen LogP contribution in [0.3, 0.4) is 0 Å². The number of aromatic carboxylic acids is 1. The van der Waals surface area contributed by atoms with E-state index in [1.165, 1.54) is 7.05 Å². The van der Waals surface area contributed by atoms with Gasteiger partial charge in [0.25, 0.3) is 0 Å². The Morgan fingerprint density at radius 1 is 1.33 bits per heavy atom. The number of carbonyl (C=O) groups excluding carboxylic acids is 1. The van der Waals surface area contributed by atoms with Crippen LogP contribution < -0.4 is 15.4 Å². The smallest absolute Gasteiger partial charge is 0.347 e. The molecule has 1 heterocycles. The van der Waals surface area contributed by atoms with Gasteiger partial charge >= 0.3 is 12.0 Å². The van der Waals surface area contributed by atoms with Gasteiger partial charge < -0.3 is 15.7 Å². The Morgan fingerprint density at radius 2 is 2.00 bits per heavy atom. The molecule has 4 N–H and O–H groups in total. The molecule has 1 rings (SSSR count). The molecule has 0 bridgehead atoms. The molecule has 0 atom stereocenters. The maximum Gasteiger partial charge on any atom is 0.347 e. The highest BCUT2D eigenvalue weighted by atomic mass is 32.2. The van der Waals surface area contributed by atoms with Crippen molar-refractivity contribution in [3.8, 4) is 0 Å². The molecule has 0 spiro atoms. The summed E-state index contributed by atoms with van der Waals surface area (Å²) in [6, 6.07) is -0.550. The quantitative estimate of drug-likeness (QED) is 0.529. The predicted octanol–water partition coefficient (Wildman–Crippen LogP) is -0.502. The van der Waals surface area contributed by atoms with Gasteiger partial charge in [-0.25, -0.2) is 27.7 Å². The van der Waals surface area contributed by atoms with Crippen LogP contribution in [0.15, 0.2) is 0 Å². The zero-order valence-corrected chi connectivity index (χ0v) is 13.1. The number of aromatic nitrogens is 1. The van der Waals surface area contributed by atoms with Gasteiger partial charge in [-0.2, -0.15) is 0 Å². The molecule has 118 valence electrons.